The topological polar surface area (TPSA) is 231 Å². The van der Waals surface area contributed by atoms with Gasteiger partial charge in [0.15, 0.2) is 12.6 Å². The zero-order valence-corrected chi connectivity index (χ0v) is 24.7. The van der Waals surface area contributed by atoms with Crippen molar-refractivity contribution in [2.45, 2.75) is 147 Å². The van der Waals surface area contributed by atoms with Crippen molar-refractivity contribution in [2.24, 2.45) is 31.6 Å². The number of hydrogen-bond acceptors (Lipinski definition) is 9. The Labute approximate surface area is 245 Å². The van der Waals surface area contributed by atoms with Gasteiger partial charge in [-0.15, -0.1) is 0 Å². The Morgan fingerprint density at radius 3 is 1.36 bits per heavy atom. The smallest absolute Gasteiger partial charge is 0.315 e. The lowest BCUT2D eigenvalue weighted by Gasteiger charge is -2.34. The molecule has 8 atom stereocenters. The van der Waals surface area contributed by atoms with Gasteiger partial charge in [0, 0.05) is 20.2 Å². The molecule has 0 aromatic heterocycles. The number of azide groups is 3. The number of ether oxygens (including phenoxy) is 3. The van der Waals surface area contributed by atoms with E-state index in [1.54, 1.807) is 0 Å². The van der Waals surface area contributed by atoms with E-state index in [2.05, 4.69) is 50.8 Å². The molecule has 0 amide bonds. The van der Waals surface area contributed by atoms with Crippen LogP contribution in [0.25, 0.3) is 31.3 Å². The Bertz CT molecular complexity index is 1070. The van der Waals surface area contributed by atoms with Crippen molar-refractivity contribution in [1.29, 1.82) is 0 Å². The average Bonchev–Trinajstić information content (AvgIpc) is 3.90. The minimum absolute atomic E-state index is 0.0418. The van der Waals surface area contributed by atoms with Crippen molar-refractivity contribution < 1.29 is 29.2 Å². The van der Waals surface area contributed by atoms with Crippen LogP contribution in [-0.2, 0) is 19.0 Å². The second-order valence-electron chi connectivity index (χ2n) is 13.4. The van der Waals surface area contributed by atoms with Gasteiger partial charge >= 0.3 is 5.97 Å². The van der Waals surface area contributed by atoms with Crippen LogP contribution in [-0.4, -0.2) is 65.2 Å². The number of hydrogen-bond donors (Lipinski definition) is 2. The van der Waals surface area contributed by atoms with Crippen LogP contribution in [0.2, 0.25) is 0 Å². The number of nitrogens with zero attached hydrogens (tertiary/aromatic N) is 9. The summed E-state index contributed by atoms with van der Waals surface area (Å²) >= 11 is 0. The maximum absolute atomic E-state index is 11.4. The molecular weight excluding hydrogens is 546 g/mol. The molecule has 0 spiro atoms. The highest BCUT2D eigenvalue weighted by atomic mass is 16.6. The van der Waals surface area contributed by atoms with E-state index in [-0.39, 0.29) is 40.5 Å². The summed E-state index contributed by atoms with van der Waals surface area (Å²) in [5.74, 6) is -0.354. The largest absolute Gasteiger partial charge is 0.461 e. The summed E-state index contributed by atoms with van der Waals surface area (Å²) in [6.07, 6.45) is 10.2. The zero-order chi connectivity index (χ0) is 30.5. The number of carbonyl (C=O) groups is 1. The first kappa shape index (κ1) is 32.2. The monoisotopic (exact) mass is 589 g/mol. The van der Waals surface area contributed by atoms with Crippen molar-refractivity contribution in [2.75, 3.05) is 0 Å². The van der Waals surface area contributed by atoms with E-state index in [0.29, 0.717) is 6.42 Å². The fourth-order valence-corrected chi connectivity index (χ4v) is 5.89. The first-order valence-corrected chi connectivity index (χ1v) is 15.0. The lowest BCUT2D eigenvalue weighted by atomic mass is 9.93. The lowest BCUT2D eigenvalue weighted by Crippen LogP contribution is -2.40. The molecule has 6 aliphatic rings. The summed E-state index contributed by atoms with van der Waals surface area (Å²) in [5.41, 5.74) is 25.5. The summed E-state index contributed by atoms with van der Waals surface area (Å²) in [7, 11) is 0. The van der Waals surface area contributed by atoms with E-state index in [0.717, 1.165) is 44.9 Å². The Morgan fingerprint density at radius 1 is 0.643 bits per heavy atom. The third kappa shape index (κ3) is 7.99. The van der Waals surface area contributed by atoms with E-state index >= 15 is 0 Å². The second-order valence-corrected chi connectivity index (χ2v) is 13.4. The Morgan fingerprint density at radius 2 is 1.02 bits per heavy atom. The Kier molecular flexibility index (Phi) is 10.2. The van der Waals surface area contributed by atoms with E-state index < -0.39 is 30.7 Å². The van der Waals surface area contributed by atoms with Crippen molar-refractivity contribution in [3.63, 3.8) is 0 Å². The van der Waals surface area contributed by atoms with Crippen LogP contribution in [0.1, 0.15) is 97.8 Å². The summed E-state index contributed by atoms with van der Waals surface area (Å²) in [6.45, 7) is 6.50. The highest BCUT2D eigenvalue weighted by Gasteiger charge is 2.50. The molecule has 3 unspecified atom stereocenters. The second kappa shape index (κ2) is 13.3. The molecule has 0 radical (unpaired) electrons. The average molecular weight is 590 g/mol. The SMILES string of the molecule is CC1([C@@H]2CCC(N=[N+]=[N-])C(=O)O2)CC1.CC1([C@@H]2CC[C@@H](N=[N+]=[N-])C(O)O2)CC1.CC1([C@@H]2CC[C@H](N=[N+]=[N-])C(O)O2)CC1. The summed E-state index contributed by atoms with van der Waals surface area (Å²) in [6, 6.07) is -1.41. The number of aliphatic hydroxyl groups is 2. The van der Waals surface area contributed by atoms with Crippen LogP contribution in [0.3, 0.4) is 0 Å². The normalized spacial score (nSPS) is 38.1. The molecule has 6 fully saturated rings. The van der Waals surface area contributed by atoms with Crippen molar-refractivity contribution in [3.8, 4) is 0 Å². The highest BCUT2D eigenvalue weighted by Crippen LogP contribution is 2.53. The van der Waals surface area contributed by atoms with E-state index in [4.69, 9.17) is 30.8 Å². The maximum atomic E-state index is 11.4. The van der Waals surface area contributed by atoms with Crippen LogP contribution in [0.5, 0.6) is 0 Å². The first-order chi connectivity index (χ1) is 20.0. The number of aliphatic hydroxyl groups excluding tert-OH is 2. The molecule has 0 bridgehead atoms. The molecule has 3 aliphatic carbocycles. The molecule has 3 saturated heterocycles. The third-order valence-electron chi connectivity index (χ3n) is 9.99. The molecular formula is C27H43N9O6. The molecule has 15 heteroatoms. The van der Waals surface area contributed by atoms with Crippen molar-refractivity contribution in [1.82, 2.24) is 0 Å². The van der Waals surface area contributed by atoms with Crippen molar-refractivity contribution >= 4 is 5.97 Å². The van der Waals surface area contributed by atoms with Gasteiger partial charge in [-0.1, -0.05) is 36.1 Å². The minimum Gasteiger partial charge on any atom is -0.461 e. The van der Waals surface area contributed by atoms with Gasteiger partial charge in [-0.25, -0.2) is 0 Å². The van der Waals surface area contributed by atoms with Crippen LogP contribution >= 0.6 is 0 Å². The molecule has 232 valence electrons. The number of esters is 1. The predicted molar refractivity (Wildman–Crippen MR) is 150 cm³/mol. The van der Waals surface area contributed by atoms with E-state index in [1.807, 2.05) is 0 Å². The van der Waals surface area contributed by atoms with E-state index in [9.17, 15) is 15.0 Å². The molecule has 3 heterocycles. The standard InChI is InChI=1S/2C9H15N3O2.C9H13N3O2/c3*1-9(4-5-9)7-3-2-6(11-12-10)8(13)14-7/h2*6-8,13H,2-5H2,1H3;6-7H,2-5H2,1H3/t6-,7+,8?;6-,7-,8?;6?,7-/m100/s1. The number of cyclic esters (lactones) is 1. The maximum Gasteiger partial charge on any atom is 0.315 e. The molecule has 15 nitrogen and oxygen atoms in total. The summed E-state index contributed by atoms with van der Waals surface area (Å²) in [4.78, 5) is 19.4. The van der Waals surface area contributed by atoms with Gasteiger partial charge in [0.05, 0.1) is 24.3 Å². The minimum atomic E-state index is -0.915. The highest BCUT2D eigenvalue weighted by molar-refractivity contribution is 5.76. The molecule has 6 rings (SSSR count). The molecule has 0 aromatic carbocycles. The van der Waals surface area contributed by atoms with Gasteiger partial charge in [0.2, 0.25) is 0 Å². The third-order valence-corrected chi connectivity index (χ3v) is 9.99. The molecule has 42 heavy (non-hydrogen) atoms. The Balaban J connectivity index is 0.000000145. The molecule has 3 aliphatic heterocycles. The quantitative estimate of drug-likeness (QED) is 0.161. The van der Waals surface area contributed by atoms with E-state index in [1.165, 1.54) is 25.7 Å². The van der Waals surface area contributed by atoms with Gasteiger partial charge in [-0.3, -0.25) is 4.79 Å². The lowest BCUT2D eigenvalue weighted by molar-refractivity contribution is -0.189. The van der Waals surface area contributed by atoms with Gasteiger partial charge in [-0.2, -0.15) is 0 Å². The van der Waals surface area contributed by atoms with Crippen LogP contribution in [0.4, 0.5) is 0 Å². The summed E-state index contributed by atoms with van der Waals surface area (Å²) in [5, 5.41) is 29.6. The first-order valence-electron chi connectivity index (χ1n) is 15.0. The van der Waals surface area contributed by atoms with Crippen LogP contribution < -0.4 is 0 Å². The van der Waals surface area contributed by atoms with Gasteiger partial charge in [-0.05, 0) is 104 Å². The van der Waals surface area contributed by atoms with Crippen LogP contribution in [0, 0.1) is 16.2 Å². The fourth-order valence-electron chi connectivity index (χ4n) is 5.89. The number of rotatable bonds is 6. The van der Waals surface area contributed by atoms with Crippen molar-refractivity contribution in [3.05, 3.63) is 31.3 Å². The molecule has 3 saturated carbocycles. The van der Waals surface area contributed by atoms with Gasteiger partial charge in [0.1, 0.15) is 12.1 Å². The zero-order valence-electron chi connectivity index (χ0n) is 24.7. The van der Waals surface area contributed by atoms with Gasteiger partial charge in [0.25, 0.3) is 0 Å². The summed E-state index contributed by atoms with van der Waals surface area (Å²) < 4.78 is 16.2. The molecule has 0 aromatic rings. The Hall–Kier alpha value is -2.76. The predicted octanol–water partition coefficient (Wildman–Crippen LogP) is 6.10. The van der Waals surface area contributed by atoms with Crippen LogP contribution in [0.15, 0.2) is 15.3 Å². The molecule has 2 N–H and O–H groups in total. The van der Waals surface area contributed by atoms with Gasteiger partial charge < -0.3 is 24.4 Å². The number of carbonyl (C=O) groups excluding carboxylic acids is 1. The fraction of sp³-hybridized carbons (Fsp3) is 0.963.